The van der Waals surface area contributed by atoms with Gasteiger partial charge in [-0.15, -0.1) is 0 Å². The van der Waals surface area contributed by atoms with E-state index in [1.54, 1.807) is 0 Å². The van der Waals surface area contributed by atoms with Gasteiger partial charge in [0.25, 0.3) is 0 Å². The molecule has 25 heavy (non-hydrogen) atoms. The second kappa shape index (κ2) is 13.9. The van der Waals surface area contributed by atoms with Crippen LogP contribution in [0.2, 0.25) is 0 Å². The SMILES string of the molecule is CCCCCCCCCCCCC(CCC)Oc1cccc(N)c1N. The molecular formula is C22H40N2O. The third kappa shape index (κ3) is 9.62. The fraction of sp³-hybridized carbons (Fsp3) is 0.727. The third-order valence-corrected chi connectivity index (χ3v) is 4.88. The lowest BCUT2D eigenvalue weighted by molar-refractivity contribution is 0.177. The maximum Gasteiger partial charge on any atom is 0.144 e. The van der Waals surface area contributed by atoms with Gasteiger partial charge >= 0.3 is 0 Å². The van der Waals surface area contributed by atoms with Crippen molar-refractivity contribution in [2.45, 2.75) is 103 Å². The van der Waals surface area contributed by atoms with Gasteiger partial charge in [-0.2, -0.15) is 0 Å². The summed E-state index contributed by atoms with van der Waals surface area (Å²) in [7, 11) is 0. The molecule has 3 heteroatoms. The fourth-order valence-electron chi connectivity index (χ4n) is 3.29. The Hall–Kier alpha value is -1.38. The number of nitrogen functional groups attached to an aromatic ring is 2. The second-order valence-corrected chi connectivity index (χ2v) is 7.26. The average molecular weight is 349 g/mol. The summed E-state index contributed by atoms with van der Waals surface area (Å²) < 4.78 is 6.14. The van der Waals surface area contributed by atoms with E-state index in [0.29, 0.717) is 11.4 Å². The summed E-state index contributed by atoms with van der Waals surface area (Å²) in [6, 6.07) is 5.65. The number of para-hydroxylation sites is 1. The molecule has 0 amide bonds. The Labute approximate surface area is 155 Å². The van der Waals surface area contributed by atoms with Gasteiger partial charge in [0, 0.05) is 0 Å². The van der Waals surface area contributed by atoms with Crippen LogP contribution in [-0.2, 0) is 0 Å². The Bertz CT molecular complexity index is 448. The van der Waals surface area contributed by atoms with Crippen LogP contribution in [0.15, 0.2) is 18.2 Å². The Morgan fingerprint density at radius 1 is 0.760 bits per heavy atom. The first kappa shape index (κ1) is 21.7. The van der Waals surface area contributed by atoms with Crippen LogP contribution in [0.25, 0.3) is 0 Å². The van der Waals surface area contributed by atoms with Gasteiger partial charge in [-0.1, -0.05) is 84.1 Å². The zero-order valence-electron chi connectivity index (χ0n) is 16.6. The summed E-state index contributed by atoms with van der Waals surface area (Å²) in [5.41, 5.74) is 13.1. The van der Waals surface area contributed by atoms with Crippen LogP contribution in [0.4, 0.5) is 11.4 Å². The van der Waals surface area contributed by atoms with E-state index in [0.717, 1.165) is 25.0 Å². The Kier molecular flexibility index (Phi) is 12.0. The van der Waals surface area contributed by atoms with Crippen LogP contribution in [-0.4, -0.2) is 6.10 Å². The van der Waals surface area contributed by atoms with Crippen molar-refractivity contribution in [3.05, 3.63) is 18.2 Å². The molecule has 1 rings (SSSR count). The minimum absolute atomic E-state index is 0.253. The van der Waals surface area contributed by atoms with E-state index in [4.69, 9.17) is 16.2 Å². The van der Waals surface area contributed by atoms with Crippen LogP contribution >= 0.6 is 0 Å². The summed E-state index contributed by atoms with van der Waals surface area (Å²) >= 11 is 0. The molecule has 1 atom stereocenters. The van der Waals surface area contributed by atoms with E-state index in [1.807, 2.05) is 18.2 Å². The van der Waals surface area contributed by atoms with Gasteiger partial charge in [0.2, 0.25) is 0 Å². The van der Waals surface area contributed by atoms with Crippen LogP contribution in [0.1, 0.15) is 97.3 Å². The second-order valence-electron chi connectivity index (χ2n) is 7.26. The molecule has 1 unspecified atom stereocenters. The standard InChI is InChI=1S/C22H40N2O/c1-3-5-6-7-8-9-10-11-12-13-16-19(15-4-2)25-21-18-14-17-20(23)22(21)24/h14,17-19H,3-13,15-16,23-24H2,1-2H3. The van der Waals surface area contributed by atoms with Crippen molar-refractivity contribution in [2.75, 3.05) is 11.5 Å². The highest BCUT2D eigenvalue weighted by molar-refractivity contribution is 5.70. The first-order chi connectivity index (χ1) is 12.2. The average Bonchev–Trinajstić information content (AvgIpc) is 2.60. The van der Waals surface area contributed by atoms with Crippen molar-refractivity contribution in [1.29, 1.82) is 0 Å². The van der Waals surface area contributed by atoms with E-state index in [1.165, 1.54) is 64.2 Å². The number of benzene rings is 1. The molecule has 0 saturated heterocycles. The lowest BCUT2D eigenvalue weighted by Gasteiger charge is -2.20. The summed E-state index contributed by atoms with van der Waals surface area (Å²) in [6.07, 6.45) is 17.2. The van der Waals surface area contributed by atoms with Crippen LogP contribution in [0, 0.1) is 0 Å². The molecular weight excluding hydrogens is 308 g/mol. The van der Waals surface area contributed by atoms with Crippen molar-refractivity contribution in [3.8, 4) is 5.75 Å². The molecule has 0 saturated carbocycles. The van der Waals surface area contributed by atoms with E-state index >= 15 is 0 Å². The maximum absolute atomic E-state index is 6.14. The summed E-state index contributed by atoms with van der Waals surface area (Å²) in [4.78, 5) is 0. The zero-order chi connectivity index (χ0) is 18.3. The molecule has 0 heterocycles. The number of anilines is 2. The minimum Gasteiger partial charge on any atom is -0.488 e. The number of hydrogen-bond donors (Lipinski definition) is 2. The van der Waals surface area contributed by atoms with Gasteiger partial charge < -0.3 is 16.2 Å². The first-order valence-electron chi connectivity index (χ1n) is 10.5. The summed E-state index contributed by atoms with van der Waals surface area (Å²) in [6.45, 7) is 4.48. The van der Waals surface area contributed by atoms with Gasteiger partial charge in [0.05, 0.1) is 17.5 Å². The van der Waals surface area contributed by atoms with E-state index < -0.39 is 0 Å². The van der Waals surface area contributed by atoms with Crippen molar-refractivity contribution in [3.63, 3.8) is 0 Å². The lowest BCUT2D eigenvalue weighted by Crippen LogP contribution is -2.17. The van der Waals surface area contributed by atoms with Gasteiger partial charge in [-0.3, -0.25) is 0 Å². The molecule has 0 aromatic heterocycles. The molecule has 0 radical (unpaired) electrons. The van der Waals surface area contributed by atoms with Gasteiger partial charge in [0.15, 0.2) is 0 Å². The molecule has 0 aliphatic rings. The Morgan fingerprint density at radius 3 is 1.96 bits per heavy atom. The van der Waals surface area contributed by atoms with Crippen molar-refractivity contribution < 1.29 is 4.74 Å². The number of hydrogen-bond acceptors (Lipinski definition) is 3. The number of rotatable bonds is 15. The first-order valence-corrected chi connectivity index (χ1v) is 10.5. The molecule has 0 fully saturated rings. The van der Waals surface area contributed by atoms with E-state index in [9.17, 15) is 0 Å². The molecule has 4 N–H and O–H groups in total. The molecule has 0 spiro atoms. The molecule has 1 aromatic rings. The summed E-state index contributed by atoms with van der Waals surface area (Å²) in [5.74, 6) is 0.741. The largest absolute Gasteiger partial charge is 0.488 e. The van der Waals surface area contributed by atoms with Crippen molar-refractivity contribution in [2.24, 2.45) is 0 Å². The Morgan fingerprint density at radius 2 is 1.36 bits per heavy atom. The van der Waals surface area contributed by atoms with Crippen LogP contribution < -0.4 is 16.2 Å². The molecule has 0 aliphatic carbocycles. The van der Waals surface area contributed by atoms with Crippen LogP contribution in [0.5, 0.6) is 5.75 Å². The third-order valence-electron chi connectivity index (χ3n) is 4.88. The number of ether oxygens (including phenoxy) is 1. The quantitative estimate of drug-likeness (QED) is 0.273. The predicted octanol–water partition coefficient (Wildman–Crippen LogP) is 6.71. The normalized spacial score (nSPS) is 12.2. The predicted molar refractivity (Wildman–Crippen MR) is 111 cm³/mol. The number of unbranched alkanes of at least 4 members (excludes halogenated alkanes) is 9. The molecule has 3 nitrogen and oxygen atoms in total. The maximum atomic E-state index is 6.14. The fourth-order valence-corrected chi connectivity index (χ4v) is 3.29. The molecule has 0 bridgehead atoms. The molecule has 0 aliphatic heterocycles. The number of nitrogens with two attached hydrogens (primary N) is 2. The van der Waals surface area contributed by atoms with Crippen molar-refractivity contribution in [1.82, 2.24) is 0 Å². The van der Waals surface area contributed by atoms with Crippen LogP contribution in [0.3, 0.4) is 0 Å². The highest BCUT2D eigenvalue weighted by atomic mass is 16.5. The van der Waals surface area contributed by atoms with E-state index in [2.05, 4.69) is 13.8 Å². The monoisotopic (exact) mass is 348 g/mol. The molecule has 1 aromatic carbocycles. The highest BCUT2D eigenvalue weighted by Crippen LogP contribution is 2.29. The highest BCUT2D eigenvalue weighted by Gasteiger charge is 2.12. The smallest absolute Gasteiger partial charge is 0.144 e. The van der Waals surface area contributed by atoms with Gasteiger partial charge in [-0.25, -0.2) is 0 Å². The van der Waals surface area contributed by atoms with Gasteiger partial charge in [0.1, 0.15) is 5.75 Å². The minimum atomic E-state index is 0.253. The van der Waals surface area contributed by atoms with E-state index in [-0.39, 0.29) is 6.10 Å². The molecule has 144 valence electrons. The lowest BCUT2D eigenvalue weighted by atomic mass is 10.0. The van der Waals surface area contributed by atoms with Crippen molar-refractivity contribution >= 4 is 11.4 Å². The topological polar surface area (TPSA) is 61.3 Å². The Balaban J connectivity index is 2.18. The summed E-state index contributed by atoms with van der Waals surface area (Å²) in [5, 5.41) is 0. The zero-order valence-corrected chi connectivity index (χ0v) is 16.6. The van der Waals surface area contributed by atoms with Gasteiger partial charge in [-0.05, 0) is 31.4 Å².